The van der Waals surface area contributed by atoms with Gasteiger partial charge in [-0.15, -0.1) is 0 Å². The summed E-state index contributed by atoms with van der Waals surface area (Å²) in [5.41, 5.74) is 0. The van der Waals surface area contributed by atoms with Gasteiger partial charge >= 0.3 is 0 Å². The Hall–Kier alpha value is -1.24. The summed E-state index contributed by atoms with van der Waals surface area (Å²) in [7, 11) is 3.38. The lowest BCUT2D eigenvalue weighted by Crippen LogP contribution is -2.25. The summed E-state index contributed by atoms with van der Waals surface area (Å²) in [6, 6.07) is 0. The summed E-state index contributed by atoms with van der Waals surface area (Å²) >= 11 is 0. The number of nitriles is 1. The summed E-state index contributed by atoms with van der Waals surface area (Å²) in [5, 5.41) is 10.4. The molecule has 4 heteroatoms. The van der Waals surface area contributed by atoms with Crippen molar-refractivity contribution in [1.82, 2.24) is 10.2 Å². The maximum absolute atomic E-state index is 10.8. The fraction of sp³-hybridized carbons (Fsp3) is 0.667. The molecule has 0 aromatic heterocycles. The molecular formula is C6H11N3O. The lowest BCUT2D eigenvalue weighted by atomic mass is 10.4. The number of nitrogens with one attached hydrogen (secondary N) is 1. The van der Waals surface area contributed by atoms with E-state index in [0.29, 0.717) is 13.0 Å². The van der Waals surface area contributed by atoms with E-state index in [1.54, 1.807) is 20.3 Å². The molecule has 0 radical (unpaired) electrons. The van der Waals surface area contributed by atoms with Crippen molar-refractivity contribution in [3.05, 3.63) is 0 Å². The number of nitrogens with zero attached hydrogens (tertiary/aromatic N) is 2. The molecule has 0 aliphatic rings. The van der Waals surface area contributed by atoms with Gasteiger partial charge < -0.3 is 10.2 Å². The van der Waals surface area contributed by atoms with Crippen LogP contribution in [0.2, 0.25) is 0 Å². The van der Waals surface area contributed by atoms with Crippen LogP contribution in [0.3, 0.4) is 0 Å². The van der Waals surface area contributed by atoms with Crippen LogP contribution in [0.25, 0.3) is 0 Å². The van der Waals surface area contributed by atoms with Crippen molar-refractivity contribution in [3.63, 3.8) is 0 Å². The number of hydrogen-bond donors (Lipinski definition) is 1. The molecule has 0 aliphatic heterocycles. The van der Waals surface area contributed by atoms with Gasteiger partial charge in [0.25, 0.3) is 0 Å². The van der Waals surface area contributed by atoms with Crippen LogP contribution in [0.15, 0.2) is 0 Å². The summed E-state index contributed by atoms with van der Waals surface area (Å²) in [6.45, 7) is 0.424. The molecule has 0 aromatic rings. The van der Waals surface area contributed by atoms with Crippen molar-refractivity contribution >= 4 is 5.91 Å². The van der Waals surface area contributed by atoms with E-state index in [9.17, 15) is 4.79 Å². The lowest BCUT2D eigenvalue weighted by molar-refractivity contribution is -0.128. The highest BCUT2D eigenvalue weighted by atomic mass is 16.2. The monoisotopic (exact) mass is 141 g/mol. The Morgan fingerprint density at radius 1 is 1.70 bits per heavy atom. The van der Waals surface area contributed by atoms with Gasteiger partial charge in [0, 0.05) is 27.1 Å². The molecule has 0 saturated carbocycles. The normalized spacial score (nSPS) is 8.10. The summed E-state index contributed by atoms with van der Waals surface area (Å²) < 4.78 is 0. The van der Waals surface area contributed by atoms with Gasteiger partial charge in [-0.05, 0) is 0 Å². The van der Waals surface area contributed by atoms with Crippen molar-refractivity contribution < 1.29 is 4.79 Å². The Labute approximate surface area is 60.4 Å². The number of carbonyl (C=O) groups excluding carboxylic acids is 1. The molecule has 0 bridgehead atoms. The van der Waals surface area contributed by atoms with Crippen molar-refractivity contribution in [2.24, 2.45) is 0 Å². The number of rotatable bonds is 3. The first-order chi connectivity index (χ1) is 4.68. The topological polar surface area (TPSA) is 56.1 Å². The standard InChI is InChI=1S/C6H11N3O/c1-9(2)6(10)3-4-8-5-7/h8H,3-4H2,1-2H3. The minimum atomic E-state index is 0.0303. The molecule has 1 N–H and O–H groups in total. The molecule has 0 fully saturated rings. The second-order valence-electron chi connectivity index (χ2n) is 2.08. The fourth-order valence-electron chi connectivity index (χ4n) is 0.449. The highest BCUT2D eigenvalue weighted by Gasteiger charge is 2.00. The molecule has 0 atom stereocenters. The van der Waals surface area contributed by atoms with E-state index in [-0.39, 0.29) is 5.91 Å². The lowest BCUT2D eigenvalue weighted by Gasteiger charge is -2.08. The predicted molar refractivity (Wildman–Crippen MR) is 36.9 cm³/mol. The van der Waals surface area contributed by atoms with E-state index in [1.807, 2.05) is 0 Å². The molecule has 1 amide bonds. The van der Waals surface area contributed by atoms with Crippen LogP contribution in [0.5, 0.6) is 0 Å². The average molecular weight is 141 g/mol. The molecule has 56 valence electrons. The van der Waals surface area contributed by atoms with Crippen molar-refractivity contribution in [1.29, 1.82) is 5.26 Å². The van der Waals surface area contributed by atoms with E-state index in [0.717, 1.165) is 0 Å². The van der Waals surface area contributed by atoms with Gasteiger partial charge in [0.05, 0.1) is 0 Å². The van der Waals surface area contributed by atoms with E-state index in [1.165, 1.54) is 4.90 Å². The number of hydrogen-bond acceptors (Lipinski definition) is 3. The van der Waals surface area contributed by atoms with Crippen LogP contribution in [-0.2, 0) is 4.79 Å². The van der Waals surface area contributed by atoms with Crippen molar-refractivity contribution in [3.8, 4) is 6.19 Å². The Kier molecular flexibility index (Phi) is 4.05. The number of carbonyl (C=O) groups is 1. The van der Waals surface area contributed by atoms with Crippen LogP contribution >= 0.6 is 0 Å². The third kappa shape index (κ3) is 3.72. The van der Waals surface area contributed by atoms with Crippen LogP contribution in [0.4, 0.5) is 0 Å². The summed E-state index contributed by atoms with van der Waals surface area (Å²) in [4.78, 5) is 12.3. The van der Waals surface area contributed by atoms with Gasteiger partial charge in [0.1, 0.15) is 0 Å². The largest absolute Gasteiger partial charge is 0.349 e. The van der Waals surface area contributed by atoms with E-state index < -0.39 is 0 Å². The zero-order valence-corrected chi connectivity index (χ0v) is 6.22. The quantitative estimate of drug-likeness (QED) is 0.328. The van der Waals surface area contributed by atoms with Crippen LogP contribution in [0, 0.1) is 11.5 Å². The molecule has 0 saturated heterocycles. The first-order valence-corrected chi connectivity index (χ1v) is 3.00. The molecule has 0 spiro atoms. The molecular weight excluding hydrogens is 130 g/mol. The number of amides is 1. The minimum Gasteiger partial charge on any atom is -0.349 e. The predicted octanol–water partition coefficient (Wildman–Crippen LogP) is -0.465. The molecule has 4 nitrogen and oxygen atoms in total. The van der Waals surface area contributed by atoms with Gasteiger partial charge in [-0.1, -0.05) is 0 Å². The molecule has 0 unspecified atom stereocenters. The maximum Gasteiger partial charge on any atom is 0.223 e. The smallest absolute Gasteiger partial charge is 0.223 e. The zero-order valence-electron chi connectivity index (χ0n) is 6.22. The highest BCUT2D eigenvalue weighted by molar-refractivity contribution is 5.75. The van der Waals surface area contributed by atoms with E-state index in [2.05, 4.69) is 5.32 Å². The molecule has 0 aromatic carbocycles. The summed E-state index contributed by atoms with van der Waals surface area (Å²) in [5.74, 6) is 0.0303. The third-order valence-corrected chi connectivity index (χ3v) is 1.04. The first kappa shape index (κ1) is 8.76. The third-order valence-electron chi connectivity index (χ3n) is 1.04. The van der Waals surface area contributed by atoms with Gasteiger partial charge in [-0.3, -0.25) is 4.79 Å². The van der Waals surface area contributed by atoms with E-state index >= 15 is 0 Å². The Balaban J connectivity index is 3.33. The van der Waals surface area contributed by atoms with Crippen molar-refractivity contribution in [2.75, 3.05) is 20.6 Å². The van der Waals surface area contributed by atoms with Gasteiger partial charge in [-0.25, -0.2) is 0 Å². The van der Waals surface area contributed by atoms with Gasteiger partial charge in [0.15, 0.2) is 6.19 Å². The molecule has 0 heterocycles. The SMILES string of the molecule is CN(C)C(=O)CCNC#N. The first-order valence-electron chi connectivity index (χ1n) is 3.00. The Morgan fingerprint density at radius 2 is 2.30 bits per heavy atom. The zero-order chi connectivity index (χ0) is 7.98. The van der Waals surface area contributed by atoms with Crippen molar-refractivity contribution in [2.45, 2.75) is 6.42 Å². The molecule has 0 rings (SSSR count). The van der Waals surface area contributed by atoms with E-state index in [4.69, 9.17) is 5.26 Å². The Bertz CT molecular complexity index is 148. The van der Waals surface area contributed by atoms with Crippen LogP contribution in [0.1, 0.15) is 6.42 Å². The van der Waals surface area contributed by atoms with Gasteiger partial charge in [0.2, 0.25) is 5.91 Å². The maximum atomic E-state index is 10.8. The fourth-order valence-corrected chi connectivity index (χ4v) is 0.449. The average Bonchev–Trinajstić information content (AvgIpc) is 1.88. The molecule has 0 aliphatic carbocycles. The summed E-state index contributed by atoms with van der Waals surface area (Å²) in [6.07, 6.45) is 2.12. The second kappa shape index (κ2) is 4.62. The Morgan fingerprint density at radius 3 is 2.70 bits per heavy atom. The second-order valence-corrected chi connectivity index (χ2v) is 2.08. The highest BCUT2D eigenvalue weighted by Crippen LogP contribution is 1.83. The van der Waals surface area contributed by atoms with Crippen LogP contribution < -0.4 is 5.32 Å². The molecule has 10 heavy (non-hydrogen) atoms. The van der Waals surface area contributed by atoms with Crippen LogP contribution in [-0.4, -0.2) is 31.4 Å². The minimum absolute atomic E-state index is 0.0303. The van der Waals surface area contributed by atoms with Gasteiger partial charge in [-0.2, -0.15) is 5.26 Å².